The molecule has 0 bridgehead atoms. The zero-order valence-corrected chi connectivity index (χ0v) is 48.5. The van der Waals surface area contributed by atoms with E-state index in [-0.39, 0.29) is 72.6 Å². The van der Waals surface area contributed by atoms with Crippen molar-refractivity contribution in [3.05, 3.63) is 164 Å². The van der Waals surface area contributed by atoms with Crippen molar-refractivity contribution in [2.24, 2.45) is 5.41 Å². The fourth-order valence-electron chi connectivity index (χ4n) is 11.1. The van der Waals surface area contributed by atoms with Crippen LogP contribution in [-0.4, -0.2) is 130 Å². The Hall–Kier alpha value is -9.28. The third kappa shape index (κ3) is 13.0. The molecule has 1 unspecified atom stereocenters. The number of hydrogen-bond donors (Lipinski definition) is 4. The molecule has 11 rings (SSSR count). The van der Waals surface area contributed by atoms with Crippen molar-refractivity contribution in [1.82, 2.24) is 44.8 Å². The second kappa shape index (κ2) is 24.7. The summed E-state index contributed by atoms with van der Waals surface area (Å²) in [4.78, 5) is 88.9. The van der Waals surface area contributed by atoms with Crippen LogP contribution in [0.4, 0.5) is 17.1 Å². The van der Waals surface area contributed by atoms with Crippen LogP contribution in [0.25, 0.3) is 16.6 Å². The standard InChI is InChI=1S/C61H59ClN12O11S/c1-61(2)21-19-41(49(33-61)38-9-11-42(62)12-10-38)36-70-23-25-71(26-24-70)44-13-15-47(53(31-44)85-45-30-40-20-22-63-56(40)65-35-45)57(76)68-86(82,83)46-14-16-50(52(32-46)74(80)81)64-34-43-37-72(69-67-43)27-29-84-28-4-3-6-39-7-5-8-48-55(39)60(79)73(59(48)78)51-17-18-54(75)66-58(51)77/h5,7-16,20,22,30-32,35,37,51,64H,4,17-19,21,23-29,33-34,36H2,1-2H3,(H,63,65)(H,68,76)(H,66,75,77). The van der Waals surface area contributed by atoms with Gasteiger partial charge in [-0.15, -0.1) is 5.10 Å². The van der Waals surface area contributed by atoms with Crippen molar-refractivity contribution < 1.29 is 46.8 Å². The second-order valence-corrected chi connectivity index (χ2v) is 24.2. The molecule has 3 aromatic heterocycles. The van der Waals surface area contributed by atoms with E-state index in [1.165, 1.54) is 45.8 Å². The van der Waals surface area contributed by atoms with Gasteiger partial charge in [-0.2, -0.15) is 0 Å². The van der Waals surface area contributed by atoms with Gasteiger partial charge in [-0.1, -0.05) is 66.3 Å². The van der Waals surface area contributed by atoms with Gasteiger partial charge < -0.3 is 24.7 Å². The van der Waals surface area contributed by atoms with Gasteiger partial charge in [0.05, 0.1) is 65.2 Å². The molecule has 0 spiro atoms. The molecule has 23 nitrogen and oxygen atoms in total. The van der Waals surface area contributed by atoms with E-state index in [1.54, 1.807) is 42.7 Å². The van der Waals surface area contributed by atoms with E-state index in [0.717, 1.165) is 67.0 Å². The van der Waals surface area contributed by atoms with Crippen LogP contribution >= 0.6 is 11.6 Å². The van der Waals surface area contributed by atoms with E-state index in [1.807, 2.05) is 18.2 Å². The Morgan fingerprint density at radius 3 is 2.56 bits per heavy atom. The van der Waals surface area contributed by atoms with Crippen molar-refractivity contribution in [2.75, 3.05) is 56.2 Å². The van der Waals surface area contributed by atoms with Crippen LogP contribution in [0.1, 0.15) is 100 Å². The number of halogens is 1. The number of piperidine rings is 1. The Bertz CT molecular complexity index is 4070. The van der Waals surface area contributed by atoms with Crippen LogP contribution in [0.15, 0.2) is 120 Å². The number of fused-ring (bicyclic) bond motifs is 2. The molecule has 1 aliphatic carbocycles. The number of nitro benzene ring substituents is 1. The average Bonchev–Trinajstić information content (AvgIpc) is 1.79. The zero-order chi connectivity index (χ0) is 60.3. The number of carbonyl (C=O) groups excluding carboxylic acids is 5. The zero-order valence-electron chi connectivity index (χ0n) is 46.9. The molecule has 0 saturated carbocycles. The summed E-state index contributed by atoms with van der Waals surface area (Å²) in [6, 6.07) is 23.5. The molecule has 4 aliphatic rings. The number of benzene rings is 4. The maximum Gasteiger partial charge on any atom is 0.293 e. The summed E-state index contributed by atoms with van der Waals surface area (Å²) in [7, 11) is -4.70. The SMILES string of the molecule is CC1(C)CCC(CN2CCN(c3ccc(C(=O)NS(=O)(=O)c4ccc(NCc5cn(CCOCCC#Cc6cccc7c6C(=O)N(C6CCC(=O)NC6=O)C7=O)nn5)c([N+](=O)[O-])c4)c(Oc4cnc5[nH]ccc5c4)c3)CC2)=C(c2ccc(Cl)cc2)C1. The number of carbonyl (C=O) groups is 5. The van der Waals surface area contributed by atoms with E-state index in [4.69, 9.17) is 21.1 Å². The number of nitrogens with one attached hydrogen (secondary N) is 4. The Labute approximate surface area is 499 Å². The minimum Gasteiger partial charge on any atom is -0.455 e. The van der Waals surface area contributed by atoms with E-state index >= 15 is 0 Å². The molecule has 3 aliphatic heterocycles. The quantitative estimate of drug-likeness (QED) is 0.0197. The predicted molar refractivity (Wildman–Crippen MR) is 318 cm³/mol. The summed E-state index contributed by atoms with van der Waals surface area (Å²) in [5.74, 6) is 2.81. The number of imide groups is 2. The Morgan fingerprint density at radius 2 is 1.77 bits per heavy atom. The fourth-order valence-corrected chi connectivity index (χ4v) is 12.2. The first-order chi connectivity index (χ1) is 41.4. The molecule has 2 fully saturated rings. The number of anilines is 2. The summed E-state index contributed by atoms with van der Waals surface area (Å²) in [5.41, 5.74) is 5.90. The first kappa shape index (κ1) is 58.5. The number of aromatic amines is 1. The van der Waals surface area contributed by atoms with Gasteiger partial charge in [-0.05, 0) is 103 Å². The van der Waals surface area contributed by atoms with E-state index < -0.39 is 61.1 Å². The number of hydrogen-bond acceptors (Lipinski definition) is 17. The highest BCUT2D eigenvalue weighted by atomic mass is 35.5. The highest BCUT2D eigenvalue weighted by Gasteiger charge is 2.45. The number of allylic oxidation sites excluding steroid dienone is 1. The number of aromatic nitrogens is 5. The molecular weight excluding hydrogens is 1140 g/mol. The average molecular weight is 1200 g/mol. The largest absolute Gasteiger partial charge is 0.455 e. The lowest BCUT2D eigenvalue weighted by Crippen LogP contribution is -2.54. The normalized spacial score (nSPS) is 17.1. The minimum absolute atomic E-state index is 0.00880. The minimum atomic E-state index is -4.70. The molecule has 5 amide bonds. The Kier molecular flexibility index (Phi) is 16.8. The summed E-state index contributed by atoms with van der Waals surface area (Å²) in [6.45, 7) is 9.12. The first-order valence-corrected chi connectivity index (χ1v) is 29.8. The maximum absolute atomic E-state index is 14.1. The van der Waals surface area contributed by atoms with Crippen molar-refractivity contribution >= 4 is 84.8 Å². The van der Waals surface area contributed by atoms with E-state index in [0.29, 0.717) is 47.3 Å². The third-order valence-corrected chi connectivity index (χ3v) is 17.2. The van der Waals surface area contributed by atoms with Crippen LogP contribution in [0.2, 0.25) is 5.02 Å². The lowest BCUT2D eigenvalue weighted by molar-refractivity contribution is -0.384. The van der Waals surface area contributed by atoms with E-state index in [9.17, 15) is 42.5 Å². The number of amides is 5. The number of piperazine rings is 1. The highest BCUT2D eigenvalue weighted by Crippen LogP contribution is 2.44. The first-order valence-electron chi connectivity index (χ1n) is 28.0. The molecule has 6 heterocycles. The summed E-state index contributed by atoms with van der Waals surface area (Å²) in [5, 5.41) is 27.2. The van der Waals surface area contributed by atoms with Gasteiger partial charge in [0.15, 0.2) is 0 Å². The van der Waals surface area contributed by atoms with Crippen molar-refractivity contribution in [1.29, 1.82) is 0 Å². The molecule has 2 saturated heterocycles. The van der Waals surface area contributed by atoms with Gasteiger partial charge in [0.2, 0.25) is 11.8 Å². The van der Waals surface area contributed by atoms with Gasteiger partial charge in [0.1, 0.15) is 34.6 Å². The summed E-state index contributed by atoms with van der Waals surface area (Å²) >= 11 is 6.26. The second-order valence-electron chi connectivity index (χ2n) is 22.1. The van der Waals surface area contributed by atoms with Crippen molar-refractivity contribution in [3.8, 4) is 23.3 Å². The van der Waals surface area contributed by atoms with Crippen LogP contribution in [-0.2, 0) is 37.4 Å². The van der Waals surface area contributed by atoms with Gasteiger partial charge >= 0.3 is 0 Å². The van der Waals surface area contributed by atoms with Crippen LogP contribution in [0.3, 0.4) is 0 Å². The van der Waals surface area contributed by atoms with Crippen LogP contribution < -0.4 is 25.0 Å². The molecule has 1 atom stereocenters. The third-order valence-electron chi connectivity index (χ3n) is 15.6. The summed E-state index contributed by atoms with van der Waals surface area (Å²) in [6.07, 6.45) is 8.28. The number of ether oxygens (including phenoxy) is 2. The van der Waals surface area contributed by atoms with Gasteiger partial charge in [0.25, 0.3) is 33.4 Å². The predicted octanol–water partition coefficient (Wildman–Crippen LogP) is 7.88. The fraction of sp³-hybridized carbons (Fsp3) is 0.311. The monoisotopic (exact) mass is 1200 g/mol. The molecule has 4 aromatic carbocycles. The van der Waals surface area contributed by atoms with E-state index in [2.05, 4.69) is 83.3 Å². The molecule has 7 aromatic rings. The molecule has 25 heteroatoms. The molecule has 86 heavy (non-hydrogen) atoms. The maximum atomic E-state index is 14.1. The van der Waals surface area contributed by atoms with Crippen molar-refractivity contribution in [2.45, 2.75) is 76.4 Å². The van der Waals surface area contributed by atoms with Crippen molar-refractivity contribution in [3.63, 3.8) is 0 Å². The molecule has 0 radical (unpaired) electrons. The number of pyridine rings is 1. The van der Waals surface area contributed by atoms with Gasteiger partial charge in [-0.25, -0.2) is 22.8 Å². The number of rotatable bonds is 19. The number of nitro groups is 1. The lowest BCUT2D eigenvalue weighted by atomic mass is 9.72. The topological polar surface area (TPSA) is 286 Å². The van der Waals surface area contributed by atoms with Gasteiger partial charge in [0, 0.05) is 85.6 Å². The Balaban J connectivity index is 0.696. The van der Waals surface area contributed by atoms with Crippen LogP contribution in [0.5, 0.6) is 11.5 Å². The smallest absolute Gasteiger partial charge is 0.293 e. The number of H-pyrrole nitrogens is 1. The molecular formula is C61H59ClN12O11S. The highest BCUT2D eigenvalue weighted by molar-refractivity contribution is 7.90. The summed E-state index contributed by atoms with van der Waals surface area (Å²) < 4.78 is 43.5. The number of nitrogens with zero attached hydrogens (tertiary/aromatic N) is 8. The Morgan fingerprint density at radius 1 is 0.953 bits per heavy atom. The molecule has 442 valence electrons. The number of sulfonamides is 1. The van der Waals surface area contributed by atoms with Crippen LogP contribution in [0, 0.1) is 27.4 Å². The van der Waals surface area contributed by atoms with Gasteiger partial charge in [-0.3, -0.25) is 49.2 Å². The lowest BCUT2D eigenvalue weighted by Gasteiger charge is -2.39. The molecule has 4 N–H and O–H groups in total.